The number of aromatic nitrogens is 3. The number of quaternary nitrogens is 1. The molecule has 0 saturated heterocycles. The lowest BCUT2D eigenvalue weighted by molar-refractivity contribution is -0.277. The highest BCUT2D eigenvalue weighted by atomic mass is 35.5. The van der Waals surface area contributed by atoms with Crippen molar-refractivity contribution in [2.24, 2.45) is 0 Å². The van der Waals surface area contributed by atoms with Gasteiger partial charge in [-0.05, 0) is 36.5 Å². The summed E-state index contributed by atoms with van der Waals surface area (Å²) < 4.78 is 10.7. The van der Waals surface area contributed by atoms with E-state index in [0.717, 1.165) is 17.9 Å². The van der Waals surface area contributed by atoms with Gasteiger partial charge in [0, 0.05) is 17.0 Å². The fourth-order valence-electron chi connectivity index (χ4n) is 2.72. The maximum absolute atomic E-state index is 11.0. The van der Waals surface area contributed by atoms with Crippen LogP contribution in [0.4, 0.5) is 0 Å². The van der Waals surface area contributed by atoms with Crippen LogP contribution in [0.15, 0.2) is 47.2 Å². The molecule has 4 N–H and O–H groups in total. The Morgan fingerprint density at radius 1 is 1.12 bits per heavy atom. The second-order valence-corrected chi connectivity index (χ2v) is 6.17. The Morgan fingerprint density at radius 3 is 2.48 bits per heavy atom. The van der Waals surface area contributed by atoms with Crippen LogP contribution in [0.25, 0.3) is 11.5 Å². The maximum atomic E-state index is 11.0. The molecule has 0 spiro atoms. The fourth-order valence-corrected chi connectivity index (χ4v) is 2.85. The molecule has 1 aromatic carbocycles. The molecule has 0 radical (unpaired) electrons. The van der Waals surface area contributed by atoms with Crippen molar-refractivity contribution >= 4 is 11.6 Å². The zero-order valence-corrected chi connectivity index (χ0v) is 14.3. The van der Waals surface area contributed by atoms with Crippen LogP contribution in [0.2, 0.25) is 5.02 Å². The minimum atomic E-state index is -0.435. The van der Waals surface area contributed by atoms with E-state index in [0.29, 0.717) is 23.3 Å². The third kappa shape index (κ3) is 3.72. The van der Waals surface area contributed by atoms with Gasteiger partial charge in [-0.1, -0.05) is 28.9 Å². The Kier molecular flexibility index (Phi) is 4.87. The summed E-state index contributed by atoms with van der Waals surface area (Å²) in [7, 11) is 0. The standard InChI is InChI=1S/C17H14ClN3O3.H3N/c18-12-3-1-10(2-4-12)11-5-13(6-11)23-17-9-19-14(8-20-17)15-7-16(22)21-24-15;/h1-4,7-9,11,13H,5-6H2,(H,21,22);1H3. The molecule has 25 heavy (non-hydrogen) atoms. The molecule has 2 aromatic heterocycles. The Bertz CT molecular complexity index is 830. The predicted molar refractivity (Wildman–Crippen MR) is 90.8 cm³/mol. The Morgan fingerprint density at radius 2 is 1.88 bits per heavy atom. The van der Waals surface area contributed by atoms with E-state index < -0.39 is 5.88 Å². The van der Waals surface area contributed by atoms with E-state index in [1.54, 1.807) is 0 Å². The van der Waals surface area contributed by atoms with E-state index in [9.17, 15) is 5.11 Å². The van der Waals surface area contributed by atoms with Crippen molar-refractivity contribution < 1.29 is 14.4 Å². The smallest absolute Gasteiger partial charge is 0.232 e. The van der Waals surface area contributed by atoms with Crippen LogP contribution in [0.3, 0.4) is 0 Å². The maximum Gasteiger partial charge on any atom is 0.232 e. The van der Waals surface area contributed by atoms with Gasteiger partial charge in [0.2, 0.25) is 5.88 Å². The average molecular weight is 361 g/mol. The summed E-state index contributed by atoms with van der Waals surface area (Å²) in [4.78, 5) is 8.39. The second kappa shape index (κ2) is 7.08. The first kappa shape index (κ1) is 17.2. The van der Waals surface area contributed by atoms with Gasteiger partial charge in [-0.2, -0.15) is 0 Å². The molecular formula is C17H17ClN4O3. The largest absolute Gasteiger partial charge is 0.856 e. The van der Waals surface area contributed by atoms with Crippen LogP contribution in [0.1, 0.15) is 24.3 Å². The van der Waals surface area contributed by atoms with Gasteiger partial charge in [-0.25, -0.2) is 9.97 Å². The first-order valence-corrected chi connectivity index (χ1v) is 7.93. The summed E-state index contributed by atoms with van der Waals surface area (Å²) >= 11 is 5.90. The van der Waals surface area contributed by atoms with Gasteiger partial charge in [0.25, 0.3) is 0 Å². The molecule has 4 rings (SSSR count). The lowest BCUT2D eigenvalue weighted by Crippen LogP contribution is -2.32. The molecule has 1 aliphatic rings. The van der Waals surface area contributed by atoms with Crippen LogP contribution in [-0.2, 0) is 0 Å². The van der Waals surface area contributed by atoms with Crippen molar-refractivity contribution in [2.45, 2.75) is 24.9 Å². The van der Waals surface area contributed by atoms with Crippen molar-refractivity contribution in [3.63, 3.8) is 0 Å². The molecule has 130 valence electrons. The first-order chi connectivity index (χ1) is 11.7. The molecule has 0 atom stereocenters. The van der Waals surface area contributed by atoms with Gasteiger partial charge < -0.3 is 20.5 Å². The molecule has 0 bridgehead atoms. The lowest BCUT2D eigenvalue weighted by atomic mass is 9.77. The average Bonchev–Trinajstić information content (AvgIpc) is 2.99. The summed E-state index contributed by atoms with van der Waals surface area (Å²) in [5.41, 5.74) is 1.73. The van der Waals surface area contributed by atoms with Crippen LogP contribution in [-0.4, -0.2) is 21.2 Å². The molecule has 0 aliphatic heterocycles. The second-order valence-electron chi connectivity index (χ2n) is 5.73. The van der Waals surface area contributed by atoms with Gasteiger partial charge >= 0.3 is 0 Å². The number of ether oxygens (including phenoxy) is 1. The van der Waals surface area contributed by atoms with E-state index in [2.05, 4.69) is 27.3 Å². The lowest BCUT2D eigenvalue weighted by Gasteiger charge is -2.35. The van der Waals surface area contributed by atoms with Crippen molar-refractivity contribution in [3.8, 4) is 23.2 Å². The number of rotatable bonds is 4. The van der Waals surface area contributed by atoms with Crippen molar-refractivity contribution in [3.05, 3.63) is 53.3 Å². The van der Waals surface area contributed by atoms with E-state index in [-0.39, 0.29) is 12.3 Å². The number of halogens is 1. The van der Waals surface area contributed by atoms with E-state index >= 15 is 0 Å². The minimum Gasteiger partial charge on any atom is -0.856 e. The van der Waals surface area contributed by atoms with E-state index in [1.165, 1.54) is 24.0 Å². The topological polar surface area (TPSA) is 121 Å². The summed E-state index contributed by atoms with van der Waals surface area (Å²) in [5, 5.41) is 15.0. The minimum absolute atomic E-state index is 0. The van der Waals surface area contributed by atoms with Gasteiger partial charge in [0.1, 0.15) is 11.8 Å². The molecule has 0 unspecified atom stereocenters. The highest BCUT2D eigenvalue weighted by Gasteiger charge is 2.32. The van der Waals surface area contributed by atoms with Crippen molar-refractivity contribution in [1.82, 2.24) is 21.3 Å². The summed E-state index contributed by atoms with van der Waals surface area (Å²) in [5.74, 6) is 0.810. The SMILES string of the molecule is [NH4+].[O-]c1cc(-c2cnc(OC3CC(c4ccc(Cl)cc4)C3)cn2)on1. The molecule has 8 heteroatoms. The highest BCUT2D eigenvalue weighted by Crippen LogP contribution is 2.39. The number of nitrogens with zero attached hydrogens (tertiary/aromatic N) is 3. The molecule has 7 nitrogen and oxygen atoms in total. The molecular weight excluding hydrogens is 344 g/mol. The quantitative estimate of drug-likeness (QED) is 0.759. The monoisotopic (exact) mass is 360 g/mol. The van der Waals surface area contributed by atoms with Gasteiger partial charge in [-0.15, -0.1) is 0 Å². The van der Waals surface area contributed by atoms with Crippen molar-refractivity contribution in [1.29, 1.82) is 0 Å². The van der Waals surface area contributed by atoms with Crippen LogP contribution in [0, 0.1) is 0 Å². The third-order valence-corrected chi connectivity index (χ3v) is 4.34. The molecule has 1 aliphatic carbocycles. The van der Waals surface area contributed by atoms with Crippen LogP contribution < -0.4 is 16.0 Å². The number of hydrogen-bond donors (Lipinski definition) is 1. The van der Waals surface area contributed by atoms with E-state index in [4.69, 9.17) is 20.9 Å². The first-order valence-electron chi connectivity index (χ1n) is 7.55. The summed E-state index contributed by atoms with van der Waals surface area (Å²) in [6.07, 6.45) is 5.03. The zero-order valence-electron chi connectivity index (χ0n) is 13.6. The third-order valence-electron chi connectivity index (χ3n) is 4.09. The molecule has 1 fully saturated rings. The molecule has 0 amide bonds. The number of benzene rings is 1. The molecule has 1 saturated carbocycles. The highest BCUT2D eigenvalue weighted by molar-refractivity contribution is 6.30. The Balaban J connectivity index is 0.00000182. The van der Waals surface area contributed by atoms with Crippen LogP contribution >= 0.6 is 11.6 Å². The predicted octanol–water partition coefficient (Wildman–Crippen LogP) is 3.56. The number of hydrogen-bond acceptors (Lipinski definition) is 6. The van der Waals surface area contributed by atoms with Crippen molar-refractivity contribution in [2.75, 3.05) is 0 Å². The molecule has 3 aromatic rings. The van der Waals surface area contributed by atoms with E-state index in [1.807, 2.05) is 12.1 Å². The zero-order chi connectivity index (χ0) is 16.5. The Labute approximate surface area is 149 Å². The Hall–Kier alpha value is -2.64. The van der Waals surface area contributed by atoms with Gasteiger partial charge in [0.15, 0.2) is 5.76 Å². The summed E-state index contributed by atoms with van der Waals surface area (Å²) in [6.45, 7) is 0. The fraction of sp³-hybridized carbons (Fsp3) is 0.235. The molecule has 2 heterocycles. The van der Waals surface area contributed by atoms with Gasteiger partial charge in [-0.3, -0.25) is 0 Å². The normalized spacial score (nSPS) is 18.9. The van der Waals surface area contributed by atoms with Crippen LogP contribution in [0.5, 0.6) is 11.8 Å². The van der Waals surface area contributed by atoms with Gasteiger partial charge in [0.05, 0.1) is 12.4 Å². The summed E-state index contributed by atoms with van der Waals surface area (Å²) in [6, 6.07) is 9.20.